The molecule has 0 saturated carbocycles. The van der Waals surface area contributed by atoms with Crippen molar-refractivity contribution in [2.75, 3.05) is 0 Å². The van der Waals surface area contributed by atoms with Crippen molar-refractivity contribution in [1.29, 1.82) is 0 Å². The molecule has 0 spiro atoms. The Morgan fingerprint density at radius 3 is 2.21 bits per heavy atom. The number of hydrogen-bond donors (Lipinski definition) is 0. The van der Waals surface area contributed by atoms with E-state index in [0.717, 1.165) is 27.2 Å². The van der Waals surface area contributed by atoms with Gasteiger partial charge in [0.15, 0.2) is 5.69 Å². The van der Waals surface area contributed by atoms with E-state index in [1.165, 1.54) is 0 Å². The molecule has 33 heavy (non-hydrogen) atoms. The molecule has 2 heterocycles. The summed E-state index contributed by atoms with van der Waals surface area (Å²) in [6, 6.07) is 9.78. The number of carbonyl (C=O) groups is 2. The molecule has 174 valence electrons. The zero-order valence-corrected chi connectivity index (χ0v) is 20.3. The Morgan fingerprint density at radius 1 is 1.00 bits per heavy atom. The molecule has 0 saturated heterocycles. The minimum absolute atomic E-state index is 0.0541. The number of carbonyl (C=O) groups excluding carboxylic acids is 2. The maximum Gasteiger partial charge on any atom is 0.417 e. The first kappa shape index (κ1) is 24.1. The van der Waals surface area contributed by atoms with Gasteiger partial charge >= 0.3 is 6.09 Å². The van der Waals surface area contributed by atoms with Gasteiger partial charge in [0, 0.05) is 12.4 Å². The van der Waals surface area contributed by atoms with Crippen LogP contribution in [0.25, 0.3) is 11.1 Å². The van der Waals surface area contributed by atoms with Crippen molar-refractivity contribution in [1.82, 2.24) is 24.9 Å². The van der Waals surface area contributed by atoms with Gasteiger partial charge in [0.1, 0.15) is 5.60 Å². The maximum absolute atomic E-state index is 13.3. The third-order valence-electron chi connectivity index (χ3n) is 4.94. The maximum atomic E-state index is 13.3. The average molecular weight is 450 g/mol. The van der Waals surface area contributed by atoms with Crippen molar-refractivity contribution >= 4 is 12.0 Å². The number of ether oxygens (including phenoxy) is 1. The normalized spacial score (nSPS) is 11.8. The van der Waals surface area contributed by atoms with E-state index in [4.69, 9.17) is 4.74 Å². The average Bonchev–Trinajstić information content (AvgIpc) is 3.22. The van der Waals surface area contributed by atoms with Crippen LogP contribution >= 0.6 is 0 Å². The van der Waals surface area contributed by atoms with Gasteiger partial charge in [0.25, 0.3) is 5.91 Å². The fraction of sp³-hybridized carbons (Fsp3) is 0.400. The summed E-state index contributed by atoms with van der Waals surface area (Å²) in [6.45, 7) is 13.2. The van der Waals surface area contributed by atoms with Gasteiger partial charge in [-0.3, -0.25) is 9.78 Å². The molecular formula is C25H31N5O3. The molecule has 0 aliphatic heterocycles. The standard InChI is InChI=1S/C25H31N5O3/c1-17-14-19(18-10-12-26-13-11-18)8-9-20(17)15-29(23(32)33-25(5,6)7)22(31)21-16-30(28-27-21)24(2,3)4/h8-14,16H,15H2,1-7H3. The molecule has 2 amide bonds. The number of amides is 2. The number of rotatable bonds is 4. The van der Waals surface area contributed by atoms with Crippen molar-refractivity contribution in [3.8, 4) is 11.1 Å². The predicted molar refractivity (Wildman–Crippen MR) is 126 cm³/mol. The molecule has 0 unspecified atom stereocenters. The van der Waals surface area contributed by atoms with Gasteiger partial charge in [-0.25, -0.2) is 14.4 Å². The van der Waals surface area contributed by atoms with Crippen molar-refractivity contribution in [2.45, 2.75) is 66.2 Å². The second kappa shape index (κ2) is 9.13. The molecule has 0 bridgehead atoms. The first-order valence-corrected chi connectivity index (χ1v) is 10.8. The zero-order valence-electron chi connectivity index (χ0n) is 20.3. The Morgan fingerprint density at radius 2 is 1.67 bits per heavy atom. The Kier molecular flexibility index (Phi) is 6.67. The lowest BCUT2D eigenvalue weighted by atomic mass is 10.0. The van der Waals surface area contributed by atoms with Crippen molar-refractivity contribution < 1.29 is 14.3 Å². The zero-order chi connectivity index (χ0) is 24.4. The minimum atomic E-state index is -0.751. The molecule has 3 rings (SSSR count). The monoisotopic (exact) mass is 449 g/mol. The smallest absolute Gasteiger partial charge is 0.417 e. The molecule has 0 radical (unpaired) electrons. The Balaban J connectivity index is 1.92. The lowest BCUT2D eigenvalue weighted by Gasteiger charge is -2.26. The molecule has 2 aromatic heterocycles. The van der Waals surface area contributed by atoms with Gasteiger partial charge in [-0.15, -0.1) is 5.10 Å². The molecule has 1 aromatic carbocycles. The highest BCUT2D eigenvalue weighted by atomic mass is 16.6. The summed E-state index contributed by atoms with van der Waals surface area (Å²) in [5, 5.41) is 8.06. The largest absolute Gasteiger partial charge is 0.443 e. The molecule has 8 nitrogen and oxygen atoms in total. The van der Waals surface area contributed by atoms with Crippen LogP contribution in [0.4, 0.5) is 4.79 Å². The molecule has 8 heteroatoms. The van der Waals surface area contributed by atoms with E-state index in [2.05, 4.69) is 15.3 Å². The molecule has 0 aliphatic carbocycles. The number of hydrogen-bond acceptors (Lipinski definition) is 6. The van der Waals surface area contributed by atoms with Crippen LogP contribution in [-0.4, -0.2) is 42.5 Å². The number of nitrogens with zero attached hydrogens (tertiary/aromatic N) is 5. The third-order valence-corrected chi connectivity index (χ3v) is 4.94. The lowest BCUT2D eigenvalue weighted by Crippen LogP contribution is -2.40. The number of imide groups is 1. The van der Waals surface area contributed by atoms with E-state index < -0.39 is 17.6 Å². The van der Waals surface area contributed by atoms with Crippen LogP contribution < -0.4 is 0 Å². The molecule has 0 atom stereocenters. The molecule has 3 aromatic rings. The Hall–Kier alpha value is -3.55. The summed E-state index contributed by atoms with van der Waals surface area (Å²) in [5.41, 5.74) is 2.84. The van der Waals surface area contributed by atoms with Gasteiger partial charge in [-0.1, -0.05) is 23.4 Å². The minimum Gasteiger partial charge on any atom is -0.443 e. The number of aromatic nitrogens is 4. The van der Waals surface area contributed by atoms with Crippen LogP contribution in [-0.2, 0) is 16.8 Å². The summed E-state index contributed by atoms with van der Waals surface area (Å²) >= 11 is 0. The predicted octanol–water partition coefficient (Wildman–Crippen LogP) is 4.98. The fourth-order valence-electron chi connectivity index (χ4n) is 3.13. The van der Waals surface area contributed by atoms with Crippen molar-refractivity contribution in [3.63, 3.8) is 0 Å². The van der Waals surface area contributed by atoms with E-state index >= 15 is 0 Å². The lowest BCUT2D eigenvalue weighted by molar-refractivity contribution is 0.0225. The summed E-state index contributed by atoms with van der Waals surface area (Å²) < 4.78 is 7.13. The third kappa shape index (κ3) is 6.03. The highest BCUT2D eigenvalue weighted by Gasteiger charge is 2.31. The Labute approximate surface area is 194 Å². The van der Waals surface area contributed by atoms with Crippen LogP contribution in [0.15, 0.2) is 48.9 Å². The van der Waals surface area contributed by atoms with E-state index in [0.29, 0.717) is 0 Å². The summed E-state index contributed by atoms with van der Waals surface area (Å²) in [6.07, 6.45) is 4.31. The van der Waals surface area contributed by atoms with E-state index in [-0.39, 0.29) is 17.8 Å². The van der Waals surface area contributed by atoms with E-state index in [1.54, 1.807) is 44.0 Å². The van der Waals surface area contributed by atoms with E-state index in [1.807, 2.05) is 58.0 Å². The second-order valence-electron chi connectivity index (χ2n) is 9.97. The summed E-state index contributed by atoms with van der Waals surface area (Å²) in [7, 11) is 0. The first-order chi connectivity index (χ1) is 15.3. The number of benzene rings is 1. The van der Waals surface area contributed by atoms with Gasteiger partial charge in [0.2, 0.25) is 0 Å². The second-order valence-corrected chi connectivity index (χ2v) is 9.97. The SMILES string of the molecule is Cc1cc(-c2ccncc2)ccc1CN(C(=O)OC(C)(C)C)C(=O)c1cn(C(C)(C)C)nn1. The first-order valence-electron chi connectivity index (χ1n) is 10.8. The Bertz CT molecular complexity index is 1140. The molecular weight excluding hydrogens is 418 g/mol. The van der Waals surface area contributed by atoms with Crippen molar-refractivity contribution in [2.24, 2.45) is 0 Å². The van der Waals surface area contributed by atoms with Crippen LogP contribution in [0.5, 0.6) is 0 Å². The van der Waals surface area contributed by atoms with Crippen LogP contribution in [0.2, 0.25) is 0 Å². The van der Waals surface area contributed by atoms with Gasteiger partial charge < -0.3 is 4.74 Å². The highest BCUT2D eigenvalue weighted by Crippen LogP contribution is 2.24. The summed E-state index contributed by atoms with van der Waals surface area (Å²) in [4.78, 5) is 31.5. The molecule has 0 aliphatic rings. The van der Waals surface area contributed by atoms with Crippen LogP contribution in [0.3, 0.4) is 0 Å². The molecule has 0 fully saturated rings. The van der Waals surface area contributed by atoms with Gasteiger partial charge in [-0.05, 0) is 82.9 Å². The quantitative estimate of drug-likeness (QED) is 0.558. The van der Waals surface area contributed by atoms with Crippen molar-refractivity contribution in [3.05, 3.63) is 65.7 Å². The van der Waals surface area contributed by atoms with Gasteiger partial charge in [0.05, 0.1) is 18.3 Å². The topological polar surface area (TPSA) is 90.2 Å². The number of aryl methyl sites for hydroxylation is 1. The molecule has 0 N–H and O–H groups in total. The summed E-state index contributed by atoms with van der Waals surface area (Å²) in [5.74, 6) is -0.558. The van der Waals surface area contributed by atoms with Crippen LogP contribution in [0.1, 0.15) is 63.2 Å². The van der Waals surface area contributed by atoms with Crippen LogP contribution in [0, 0.1) is 6.92 Å². The fourth-order valence-corrected chi connectivity index (χ4v) is 3.13. The highest BCUT2D eigenvalue weighted by molar-refractivity contribution is 6.01. The number of pyridine rings is 1. The van der Waals surface area contributed by atoms with E-state index in [9.17, 15) is 9.59 Å². The van der Waals surface area contributed by atoms with Gasteiger partial charge in [-0.2, -0.15) is 0 Å².